The van der Waals surface area contributed by atoms with E-state index in [0.29, 0.717) is 34.5 Å². The molecule has 0 atom stereocenters. The first-order chi connectivity index (χ1) is 14.9. The summed E-state index contributed by atoms with van der Waals surface area (Å²) >= 11 is 0. The van der Waals surface area contributed by atoms with Gasteiger partial charge in [0.2, 0.25) is 0 Å². The first kappa shape index (κ1) is 21.6. The average molecular weight is 424 g/mol. The summed E-state index contributed by atoms with van der Waals surface area (Å²) in [6, 6.07) is 14.1. The highest BCUT2D eigenvalue weighted by Gasteiger charge is 2.11. The van der Waals surface area contributed by atoms with E-state index in [-0.39, 0.29) is 5.91 Å². The highest BCUT2D eigenvalue weighted by molar-refractivity contribution is 5.97. The SMILES string of the molecule is CCNC(=O)c1cccc(NC(=O)COC(=O)COc2ccc3ccc(=O)oc3c2)c1. The van der Waals surface area contributed by atoms with Crippen LogP contribution in [0.4, 0.5) is 5.69 Å². The molecular weight excluding hydrogens is 404 g/mol. The third-order valence-corrected chi connectivity index (χ3v) is 4.06. The van der Waals surface area contributed by atoms with Gasteiger partial charge in [0.1, 0.15) is 11.3 Å². The van der Waals surface area contributed by atoms with Crippen LogP contribution >= 0.6 is 0 Å². The molecule has 0 bridgehead atoms. The third-order valence-electron chi connectivity index (χ3n) is 4.06. The van der Waals surface area contributed by atoms with Crippen LogP contribution in [-0.2, 0) is 14.3 Å². The maximum atomic E-state index is 12.0. The number of rotatable bonds is 8. The number of anilines is 1. The normalized spacial score (nSPS) is 10.4. The summed E-state index contributed by atoms with van der Waals surface area (Å²) < 4.78 is 15.3. The van der Waals surface area contributed by atoms with Crippen molar-refractivity contribution in [3.05, 3.63) is 70.6 Å². The van der Waals surface area contributed by atoms with Crippen molar-refractivity contribution >= 4 is 34.4 Å². The molecule has 3 rings (SSSR count). The quantitative estimate of drug-likeness (QED) is 0.419. The molecule has 0 aliphatic heterocycles. The van der Waals surface area contributed by atoms with Crippen molar-refractivity contribution in [1.82, 2.24) is 5.32 Å². The first-order valence-electron chi connectivity index (χ1n) is 9.45. The Labute approximate surface area is 177 Å². The van der Waals surface area contributed by atoms with E-state index < -0.39 is 30.7 Å². The lowest BCUT2D eigenvalue weighted by atomic mass is 10.2. The van der Waals surface area contributed by atoms with Crippen LogP contribution in [0.5, 0.6) is 5.75 Å². The number of carbonyl (C=O) groups is 3. The van der Waals surface area contributed by atoms with Gasteiger partial charge in [0.15, 0.2) is 13.2 Å². The summed E-state index contributed by atoms with van der Waals surface area (Å²) in [5.74, 6) is -1.25. The van der Waals surface area contributed by atoms with E-state index >= 15 is 0 Å². The molecule has 160 valence electrons. The Bertz CT molecular complexity index is 1170. The molecule has 1 aromatic heterocycles. The minimum Gasteiger partial charge on any atom is -0.482 e. The van der Waals surface area contributed by atoms with Crippen LogP contribution in [0.3, 0.4) is 0 Å². The van der Waals surface area contributed by atoms with E-state index in [0.717, 1.165) is 0 Å². The fraction of sp³-hybridized carbons (Fsp3) is 0.182. The Hall–Kier alpha value is -4.14. The first-order valence-corrected chi connectivity index (χ1v) is 9.45. The van der Waals surface area contributed by atoms with E-state index in [1.165, 1.54) is 18.2 Å². The number of hydrogen-bond donors (Lipinski definition) is 2. The number of esters is 1. The fourth-order valence-corrected chi connectivity index (χ4v) is 2.66. The number of carbonyl (C=O) groups excluding carboxylic acids is 3. The molecule has 0 aliphatic carbocycles. The molecule has 1 heterocycles. The number of benzene rings is 2. The van der Waals surface area contributed by atoms with Crippen molar-refractivity contribution in [2.45, 2.75) is 6.92 Å². The molecule has 0 radical (unpaired) electrons. The van der Waals surface area contributed by atoms with Crippen molar-refractivity contribution in [3.8, 4) is 5.75 Å². The third kappa shape index (κ3) is 6.17. The summed E-state index contributed by atoms with van der Waals surface area (Å²) in [6.45, 7) is 1.35. The maximum Gasteiger partial charge on any atom is 0.344 e. The van der Waals surface area contributed by atoms with E-state index in [1.54, 1.807) is 43.3 Å². The molecule has 9 heteroatoms. The van der Waals surface area contributed by atoms with Crippen molar-refractivity contribution in [1.29, 1.82) is 0 Å². The van der Waals surface area contributed by atoms with Gasteiger partial charge in [-0.05, 0) is 43.3 Å². The molecule has 9 nitrogen and oxygen atoms in total. The van der Waals surface area contributed by atoms with Gasteiger partial charge in [-0.25, -0.2) is 9.59 Å². The monoisotopic (exact) mass is 424 g/mol. The second-order valence-electron chi connectivity index (χ2n) is 6.39. The summed E-state index contributed by atoms with van der Waals surface area (Å²) in [5.41, 5.74) is 0.633. The molecule has 2 N–H and O–H groups in total. The number of hydrogen-bond acceptors (Lipinski definition) is 7. The molecule has 0 fully saturated rings. The molecule has 2 aromatic carbocycles. The Kier molecular flexibility index (Phi) is 7.00. The molecule has 0 saturated heterocycles. The molecular formula is C22H20N2O7. The number of nitrogens with one attached hydrogen (secondary N) is 2. The molecule has 0 unspecified atom stereocenters. The molecule has 0 spiro atoms. The summed E-state index contributed by atoms with van der Waals surface area (Å²) in [6.07, 6.45) is 0. The van der Waals surface area contributed by atoms with Gasteiger partial charge >= 0.3 is 11.6 Å². The second-order valence-corrected chi connectivity index (χ2v) is 6.39. The second kappa shape index (κ2) is 10.1. The molecule has 31 heavy (non-hydrogen) atoms. The lowest BCUT2D eigenvalue weighted by molar-refractivity contribution is -0.149. The van der Waals surface area contributed by atoms with Crippen LogP contribution in [0.15, 0.2) is 63.8 Å². The summed E-state index contributed by atoms with van der Waals surface area (Å²) in [5, 5.41) is 5.93. The number of amides is 2. The summed E-state index contributed by atoms with van der Waals surface area (Å²) in [4.78, 5) is 47.0. The predicted octanol–water partition coefficient (Wildman–Crippen LogP) is 2.10. The van der Waals surface area contributed by atoms with E-state index in [1.807, 2.05) is 0 Å². The molecule has 2 amide bonds. The van der Waals surface area contributed by atoms with E-state index in [9.17, 15) is 19.2 Å². The Morgan fingerprint density at radius 2 is 1.81 bits per heavy atom. The van der Waals surface area contributed by atoms with Gasteiger partial charge in [-0.15, -0.1) is 0 Å². The minimum absolute atomic E-state index is 0.254. The lowest BCUT2D eigenvalue weighted by Gasteiger charge is -2.09. The number of ether oxygens (including phenoxy) is 2. The van der Waals surface area contributed by atoms with Crippen LogP contribution in [0.1, 0.15) is 17.3 Å². The van der Waals surface area contributed by atoms with E-state index in [4.69, 9.17) is 13.9 Å². The van der Waals surface area contributed by atoms with Crippen molar-refractivity contribution in [2.24, 2.45) is 0 Å². The largest absolute Gasteiger partial charge is 0.482 e. The van der Waals surface area contributed by atoms with Crippen LogP contribution < -0.4 is 21.0 Å². The molecule has 3 aromatic rings. The van der Waals surface area contributed by atoms with Crippen molar-refractivity contribution < 1.29 is 28.3 Å². The molecule has 0 saturated carbocycles. The predicted molar refractivity (Wildman–Crippen MR) is 112 cm³/mol. The van der Waals surface area contributed by atoms with Gasteiger partial charge in [-0.3, -0.25) is 9.59 Å². The Morgan fingerprint density at radius 3 is 2.61 bits per heavy atom. The summed E-state index contributed by atoms with van der Waals surface area (Å²) in [7, 11) is 0. The van der Waals surface area contributed by atoms with Gasteiger partial charge < -0.3 is 24.5 Å². The van der Waals surface area contributed by atoms with E-state index in [2.05, 4.69) is 10.6 Å². The maximum absolute atomic E-state index is 12.0. The fourth-order valence-electron chi connectivity index (χ4n) is 2.66. The van der Waals surface area contributed by atoms with Gasteiger partial charge in [0.05, 0.1) is 0 Å². The zero-order chi connectivity index (χ0) is 22.2. The number of fused-ring (bicyclic) bond motifs is 1. The standard InChI is InChI=1S/C22H20N2O7/c1-2-23-22(28)15-4-3-5-16(10-15)24-19(25)12-30-21(27)13-29-17-8-6-14-7-9-20(26)31-18(14)11-17/h3-11H,2,12-13H2,1H3,(H,23,28)(H,24,25). The van der Waals surface area contributed by atoms with Crippen molar-refractivity contribution in [3.63, 3.8) is 0 Å². The van der Waals surface area contributed by atoms with Crippen LogP contribution in [0, 0.1) is 0 Å². The average Bonchev–Trinajstić information content (AvgIpc) is 2.76. The van der Waals surface area contributed by atoms with Crippen molar-refractivity contribution in [2.75, 3.05) is 25.1 Å². The minimum atomic E-state index is -0.749. The lowest BCUT2D eigenvalue weighted by Crippen LogP contribution is -2.24. The molecule has 0 aliphatic rings. The van der Waals surface area contributed by atoms with Crippen LogP contribution in [-0.4, -0.2) is 37.5 Å². The van der Waals surface area contributed by atoms with Crippen LogP contribution in [0.25, 0.3) is 11.0 Å². The highest BCUT2D eigenvalue weighted by atomic mass is 16.6. The smallest absolute Gasteiger partial charge is 0.344 e. The van der Waals surface area contributed by atoms with Crippen LogP contribution in [0.2, 0.25) is 0 Å². The Morgan fingerprint density at radius 1 is 1.00 bits per heavy atom. The van der Waals surface area contributed by atoms with Gasteiger partial charge in [0, 0.05) is 35.3 Å². The van der Waals surface area contributed by atoms with Gasteiger partial charge in [0.25, 0.3) is 11.8 Å². The highest BCUT2D eigenvalue weighted by Crippen LogP contribution is 2.19. The van der Waals surface area contributed by atoms with Gasteiger partial charge in [-0.1, -0.05) is 6.07 Å². The zero-order valence-electron chi connectivity index (χ0n) is 16.7. The topological polar surface area (TPSA) is 124 Å². The zero-order valence-corrected chi connectivity index (χ0v) is 16.7. The van der Waals surface area contributed by atoms with Gasteiger partial charge in [-0.2, -0.15) is 0 Å². The Balaban J connectivity index is 1.47.